The maximum atomic E-state index is 6.23. The normalized spacial score (nSPS) is 10.9. The van der Waals surface area contributed by atoms with Crippen molar-refractivity contribution >= 4 is 22.4 Å². The molecule has 0 unspecified atom stereocenters. The van der Waals surface area contributed by atoms with E-state index in [9.17, 15) is 0 Å². The molecule has 0 spiro atoms. The van der Waals surface area contributed by atoms with Crippen LogP contribution in [0.5, 0.6) is 0 Å². The van der Waals surface area contributed by atoms with E-state index in [1.807, 2.05) is 18.2 Å². The predicted octanol–water partition coefficient (Wildman–Crippen LogP) is 7.14. The molecule has 0 saturated heterocycles. The molecule has 0 aliphatic carbocycles. The van der Waals surface area contributed by atoms with Crippen molar-refractivity contribution < 1.29 is 0 Å². The lowest BCUT2D eigenvalue weighted by atomic mass is 9.91. The quantitative estimate of drug-likeness (QED) is 0.367. The second kappa shape index (κ2) is 6.14. The number of hydrogen-bond donors (Lipinski definition) is 0. The first-order valence-electron chi connectivity index (χ1n) is 8.06. The number of fused-ring (bicyclic) bond motifs is 1. The van der Waals surface area contributed by atoms with Crippen LogP contribution in [-0.2, 0) is 0 Å². The first-order valence-corrected chi connectivity index (χ1v) is 8.44. The van der Waals surface area contributed by atoms with Crippen molar-refractivity contribution in [3.63, 3.8) is 0 Å². The zero-order chi connectivity index (χ0) is 16.5. The monoisotopic (exact) mass is 328 g/mol. The van der Waals surface area contributed by atoms with E-state index in [0.717, 1.165) is 10.6 Å². The van der Waals surface area contributed by atoms with Gasteiger partial charge in [0.05, 0.1) is 0 Å². The highest BCUT2D eigenvalue weighted by Crippen LogP contribution is 2.36. The molecule has 0 saturated carbocycles. The fraction of sp³-hybridized carbons (Fsp3) is 0.0435. The molecule has 0 aromatic heterocycles. The van der Waals surface area contributed by atoms with Crippen LogP contribution in [0.15, 0.2) is 84.9 Å². The highest BCUT2D eigenvalue weighted by atomic mass is 35.5. The highest BCUT2D eigenvalue weighted by Gasteiger charge is 2.10. The summed E-state index contributed by atoms with van der Waals surface area (Å²) in [6.45, 7) is 2.11. The fourth-order valence-corrected chi connectivity index (χ4v) is 3.30. The van der Waals surface area contributed by atoms with Gasteiger partial charge in [-0.2, -0.15) is 0 Å². The molecule has 0 heterocycles. The first-order chi connectivity index (χ1) is 11.7. The Balaban J connectivity index is 2.02. The van der Waals surface area contributed by atoms with Crippen LogP contribution >= 0.6 is 11.6 Å². The van der Waals surface area contributed by atoms with E-state index in [1.54, 1.807) is 0 Å². The molecule has 1 heteroatoms. The molecular weight excluding hydrogens is 312 g/mol. The predicted molar refractivity (Wildman–Crippen MR) is 105 cm³/mol. The molecule has 24 heavy (non-hydrogen) atoms. The van der Waals surface area contributed by atoms with Crippen molar-refractivity contribution in [3.05, 3.63) is 95.5 Å². The lowest BCUT2D eigenvalue weighted by Crippen LogP contribution is -1.87. The van der Waals surface area contributed by atoms with Crippen LogP contribution in [0.25, 0.3) is 33.0 Å². The van der Waals surface area contributed by atoms with Crippen LogP contribution < -0.4 is 0 Å². The van der Waals surface area contributed by atoms with E-state index < -0.39 is 0 Å². The Morgan fingerprint density at radius 2 is 1.21 bits per heavy atom. The fourth-order valence-electron chi connectivity index (χ4n) is 3.11. The third-order valence-electron chi connectivity index (χ3n) is 4.38. The van der Waals surface area contributed by atoms with Gasteiger partial charge in [-0.15, -0.1) is 0 Å². The molecule has 4 rings (SSSR count). The molecule has 0 radical (unpaired) electrons. The molecule has 0 nitrogen and oxygen atoms in total. The number of halogens is 1. The van der Waals surface area contributed by atoms with Gasteiger partial charge in [0.25, 0.3) is 0 Å². The summed E-state index contributed by atoms with van der Waals surface area (Å²) in [7, 11) is 0. The SMILES string of the molecule is Cc1ccc(-c2cc3ccccc3cc2-c2cccc(Cl)c2)cc1. The average Bonchev–Trinajstić information content (AvgIpc) is 2.61. The third kappa shape index (κ3) is 2.81. The Morgan fingerprint density at radius 1 is 0.583 bits per heavy atom. The Kier molecular flexibility index (Phi) is 3.84. The van der Waals surface area contributed by atoms with Gasteiger partial charge in [0, 0.05) is 5.02 Å². The second-order valence-electron chi connectivity index (χ2n) is 6.12. The molecule has 0 atom stereocenters. The summed E-state index contributed by atoms with van der Waals surface area (Å²) < 4.78 is 0. The number of aryl methyl sites for hydroxylation is 1. The zero-order valence-corrected chi connectivity index (χ0v) is 14.2. The van der Waals surface area contributed by atoms with Crippen molar-refractivity contribution in [1.82, 2.24) is 0 Å². The summed E-state index contributed by atoms with van der Waals surface area (Å²) >= 11 is 6.23. The number of rotatable bonds is 2. The molecule has 0 amide bonds. The maximum Gasteiger partial charge on any atom is 0.0412 e. The van der Waals surface area contributed by atoms with Crippen molar-refractivity contribution in [2.24, 2.45) is 0 Å². The lowest BCUT2D eigenvalue weighted by molar-refractivity contribution is 1.47. The molecule has 0 aliphatic heterocycles. The van der Waals surface area contributed by atoms with Crippen molar-refractivity contribution in [2.75, 3.05) is 0 Å². The topological polar surface area (TPSA) is 0 Å². The van der Waals surface area contributed by atoms with Crippen molar-refractivity contribution in [3.8, 4) is 22.3 Å². The zero-order valence-electron chi connectivity index (χ0n) is 13.5. The van der Waals surface area contributed by atoms with E-state index in [1.165, 1.54) is 33.0 Å². The largest absolute Gasteiger partial charge is 0.0843 e. The highest BCUT2D eigenvalue weighted by molar-refractivity contribution is 6.30. The standard InChI is InChI=1S/C23H17Cl/c1-16-9-11-17(12-10-16)22-14-18-5-2-3-6-19(18)15-23(22)20-7-4-8-21(24)13-20/h2-15H,1H3. The van der Waals surface area contributed by atoms with Gasteiger partial charge < -0.3 is 0 Å². The molecule has 116 valence electrons. The van der Waals surface area contributed by atoms with Gasteiger partial charge in [-0.1, -0.05) is 77.8 Å². The van der Waals surface area contributed by atoms with Gasteiger partial charge in [-0.3, -0.25) is 0 Å². The summed E-state index contributed by atoms with van der Waals surface area (Å²) in [5, 5.41) is 3.25. The third-order valence-corrected chi connectivity index (χ3v) is 4.62. The van der Waals surface area contributed by atoms with Gasteiger partial charge in [-0.25, -0.2) is 0 Å². The summed E-state index contributed by atoms with van der Waals surface area (Å²) in [4.78, 5) is 0. The Morgan fingerprint density at radius 3 is 1.83 bits per heavy atom. The van der Waals surface area contributed by atoms with E-state index in [0.29, 0.717) is 0 Å². The van der Waals surface area contributed by atoms with E-state index in [2.05, 4.69) is 73.7 Å². The molecule has 0 bridgehead atoms. The molecule has 0 fully saturated rings. The summed E-state index contributed by atoms with van der Waals surface area (Å²) in [5.41, 5.74) is 6.07. The van der Waals surface area contributed by atoms with Gasteiger partial charge in [0.2, 0.25) is 0 Å². The van der Waals surface area contributed by atoms with Crippen LogP contribution in [0.1, 0.15) is 5.56 Å². The van der Waals surface area contributed by atoms with Crippen molar-refractivity contribution in [2.45, 2.75) is 6.92 Å². The summed E-state index contributed by atoms with van der Waals surface area (Å²) in [5.74, 6) is 0. The molecule has 4 aromatic rings. The van der Waals surface area contributed by atoms with Gasteiger partial charge in [-0.05, 0) is 64.2 Å². The van der Waals surface area contributed by atoms with Crippen LogP contribution in [0.4, 0.5) is 0 Å². The molecule has 0 N–H and O–H groups in total. The Labute approximate surface area is 147 Å². The lowest BCUT2D eigenvalue weighted by Gasteiger charge is -2.13. The van der Waals surface area contributed by atoms with Crippen LogP contribution in [-0.4, -0.2) is 0 Å². The number of hydrogen-bond acceptors (Lipinski definition) is 0. The first kappa shape index (κ1) is 15.0. The van der Waals surface area contributed by atoms with E-state index in [-0.39, 0.29) is 0 Å². The second-order valence-corrected chi connectivity index (χ2v) is 6.56. The van der Waals surface area contributed by atoms with E-state index >= 15 is 0 Å². The van der Waals surface area contributed by atoms with Gasteiger partial charge in [0.15, 0.2) is 0 Å². The van der Waals surface area contributed by atoms with Crippen molar-refractivity contribution in [1.29, 1.82) is 0 Å². The van der Waals surface area contributed by atoms with Gasteiger partial charge >= 0.3 is 0 Å². The molecular formula is C23H17Cl. The number of benzene rings is 4. The van der Waals surface area contributed by atoms with Crippen LogP contribution in [0.2, 0.25) is 5.02 Å². The Hall–Kier alpha value is -2.57. The molecule has 4 aromatic carbocycles. The maximum absolute atomic E-state index is 6.23. The smallest absolute Gasteiger partial charge is 0.0412 e. The minimum absolute atomic E-state index is 0.760. The minimum atomic E-state index is 0.760. The van der Waals surface area contributed by atoms with E-state index in [4.69, 9.17) is 11.6 Å². The summed E-state index contributed by atoms with van der Waals surface area (Å²) in [6, 6.07) is 29.8. The van der Waals surface area contributed by atoms with Crippen LogP contribution in [0.3, 0.4) is 0 Å². The summed E-state index contributed by atoms with van der Waals surface area (Å²) in [6.07, 6.45) is 0. The minimum Gasteiger partial charge on any atom is -0.0843 e. The average molecular weight is 329 g/mol. The Bertz CT molecular complexity index is 1010. The van der Waals surface area contributed by atoms with Crippen LogP contribution in [0, 0.1) is 6.92 Å². The molecule has 0 aliphatic rings. The van der Waals surface area contributed by atoms with Gasteiger partial charge in [0.1, 0.15) is 0 Å².